The van der Waals surface area contributed by atoms with Gasteiger partial charge < -0.3 is 15.4 Å². The van der Waals surface area contributed by atoms with E-state index in [1.807, 2.05) is 32.7 Å². The molecule has 1 fully saturated rings. The summed E-state index contributed by atoms with van der Waals surface area (Å²) in [6, 6.07) is -0.323. The average Bonchev–Trinajstić information content (AvgIpc) is 2.26. The first-order valence-corrected chi connectivity index (χ1v) is 6.15. The number of nitrogens with zero attached hydrogens (tertiary/aromatic N) is 2. The number of nitrogens with two attached hydrogens (primary N) is 1. The molecule has 0 saturated carbocycles. The van der Waals surface area contributed by atoms with E-state index in [0.29, 0.717) is 19.6 Å². The fourth-order valence-corrected chi connectivity index (χ4v) is 1.85. The molecule has 0 aromatic rings. The Kier molecular flexibility index (Phi) is 4.70. The molecular formula is C12H23N3O3. The first-order valence-electron chi connectivity index (χ1n) is 6.15. The number of hydrogen-bond acceptors (Lipinski definition) is 5. The lowest BCUT2D eigenvalue weighted by atomic mass is 10.1. The fraction of sp³-hybridized carbons (Fsp3) is 0.833. The van der Waals surface area contributed by atoms with Crippen molar-refractivity contribution in [1.82, 2.24) is 9.80 Å². The van der Waals surface area contributed by atoms with Crippen LogP contribution in [0.25, 0.3) is 0 Å². The second-order valence-electron chi connectivity index (χ2n) is 5.59. The van der Waals surface area contributed by atoms with Crippen LogP contribution in [0.5, 0.6) is 0 Å². The minimum atomic E-state index is -0.520. The standard InChI is InChI=1S/C12H23N3O3/c1-12(2,3)18-11(17)15-6-5-14(4)9(8-15)10(16)7-13/h9H,5-8,13H2,1-4H3. The van der Waals surface area contributed by atoms with Gasteiger partial charge in [-0.25, -0.2) is 4.79 Å². The highest BCUT2D eigenvalue weighted by molar-refractivity contribution is 5.86. The van der Waals surface area contributed by atoms with Crippen LogP contribution < -0.4 is 5.73 Å². The number of Topliss-reactive ketones (excluding diaryl/α,β-unsaturated/α-hetero) is 1. The summed E-state index contributed by atoms with van der Waals surface area (Å²) in [7, 11) is 1.87. The first kappa shape index (κ1) is 14.9. The van der Waals surface area contributed by atoms with E-state index in [2.05, 4.69) is 0 Å². The van der Waals surface area contributed by atoms with Crippen LogP contribution >= 0.6 is 0 Å². The number of amides is 1. The average molecular weight is 257 g/mol. The molecule has 1 atom stereocenters. The van der Waals surface area contributed by atoms with Crippen LogP contribution in [0, 0.1) is 0 Å². The molecule has 1 heterocycles. The number of rotatable bonds is 2. The van der Waals surface area contributed by atoms with E-state index in [1.165, 1.54) is 0 Å². The van der Waals surface area contributed by atoms with Gasteiger partial charge in [0.15, 0.2) is 5.78 Å². The Morgan fingerprint density at radius 3 is 2.44 bits per heavy atom. The summed E-state index contributed by atoms with van der Waals surface area (Å²) in [5.74, 6) is -0.0502. The predicted molar refractivity (Wildman–Crippen MR) is 68.3 cm³/mol. The molecule has 1 saturated heterocycles. The number of ketones is 1. The van der Waals surface area contributed by atoms with E-state index in [4.69, 9.17) is 10.5 Å². The Balaban J connectivity index is 2.64. The molecule has 0 radical (unpaired) electrons. The highest BCUT2D eigenvalue weighted by atomic mass is 16.6. The summed E-state index contributed by atoms with van der Waals surface area (Å²) >= 11 is 0. The molecule has 1 unspecified atom stereocenters. The van der Waals surface area contributed by atoms with Gasteiger partial charge in [0.25, 0.3) is 0 Å². The summed E-state index contributed by atoms with van der Waals surface area (Å²) in [6.07, 6.45) is -0.370. The molecule has 104 valence electrons. The highest BCUT2D eigenvalue weighted by Gasteiger charge is 2.33. The van der Waals surface area contributed by atoms with Crippen LogP contribution in [0.2, 0.25) is 0 Å². The normalized spacial score (nSPS) is 21.8. The summed E-state index contributed by atoms with van der Waals surface area (Å²) in [5, 5.41) is 0. The lowest BCUT2D eigenvalue weighted by molar-refractivity contribution is -0.124. The van der Waals surface area contributed by atoms with Crippen molar-refractivity contribution in [1.29, 1.82) is 0 Å². The van der Waals surface area contributed by atoms with E-state index in [1.54, 1.807) is 4.90 Å². The number of hydrogen-bond donors (Lipinski definition) is 1. The number of carbonyl (C=O) groups excluding carboxylic acids is 2. The molecule has 0 bridgehead atoms. The molecule has 0 aliphatic carbocycles. The van der Waals surface area contributed by atoms with Gasteiger partial charge in [0.2, 0.25) is 0 Å². The van der Waals surface area contributed by atoms with E-state index in [0.717, 1.165) is 0 Å². The lowest BCUT2D eigenvalue weighted by Gasteiger charge is -2.38. The molecule has 6 heteroatoms. The number of likely N-dealkylation sites (N-methyl/N-ethyl adjacent to an activating group) is 1. The lowest BCUT2D eigenvalue weighted by Crippen LogP contribution is -2.57. The van der Waals surface area contributed by atoms with Gasteiger partial charge in [-0.3, -0.25) is 9.69 Å². The van der Waals surface area contributed by atoms with Crippen molar-refractivity contribution in [2.24, 2.45) is 5.73 Å². The van der Waals surface area contributed by atoms with Crippen LogP contribution in [-0.4, -0.2) is 66.5 Å². The largest absolute Gasteiger partial charge is 0.444 e. The molecule has 2 N–H and O–H groups in total. The maximum Gasteiger partial charge on any atom is 0.410 e. The minimum absolute atomic E-state index is 0.00281. The molecular weight excluding hydrogens is 234 g/mol. The van der Waals surface area contributed by atoms with Crippen molar-refractivity contribution in [2.75, 3.05) is 33.2 Å². The third kappa shape index (κ3) is 3.96. The molecule has 18 heavy (non-hydrogen) atoms. The van der Waals surface area contributed by atoms with Crippen molar-refractivity contribution in [3.8, 4) is 0 Å². The van der Waals surface area contributed by atoms with Crippen LogP contribution in [0.1, 0.15) is 20.8 Å². The summed E-state index contributed by atoms with van der Waals surface area (Å²) in [4.78, 5) is 27.1. The van der Waals surface area contributed by atoms with Crippen molar-refractivity contribution in [3.05, 3.63) is 0 Å². The van der Waals surface area contributed by atoms with E-state index >= 15 is 0 Å². The summed E-state index contributed by atoms with van der Waals surface area (Å²) in [6.45, 7) is 7.03. The van der Waals surface area contributed by atoms with Gasteiger partial charge >= 0.3 is 6.09 Å². The summed E-state index contributed by atoms with van der Waals surface area (Å²) < 4.78 is 5.30. The van der Waals surface area contributed by atoms with E-state index < -0.39 is 5.60 Å². The van der Waals surface area contributed by atoms with Crippen molar-refractivity contribution in [2.45, 2.75) is 32.4 Å². The fourth-order valence-electron chi connectivity index (χ4n) is 1.85. The highest BCUT2D eigenvalue weighted by Crippen LogP contribution is 2.14. The number of ether oxygens (including phenoxy) is 1. The second-order valence-corrected chi connectivity index (χ2v) is 5.59. The second kappa shape index (κ2) is 5.67. The maximum absolute atomic E-state index is 11.9. The van der Waals surface area contributed by atoms with E-state index in [9.17, 15) is 9.59 Å². The third-order valence-electron chi connectivity index (χ3n) is 2.87. The van der Waals surface area contributed by atoms with Crippen LogP contribution in [0.15, 0.2) is 0 Å². The molecule has 1 rings (SSSR count). The van der Waals surface area contributed by atoms with Gasteiger partial charge in [0.05, 0.1) is 12.6 Å². The molecule has 6 nitrogen and oxygen atoms in total. The van der Waals surface area contributed by atoms with Crippen molar-refractivity contribution in [3.63, 3.8) is 0 Å². The van der Waals surface area contributed by atoms with Gasteiger partial charge in [-0.1, -0.05) is 0 Å². The zero-order chi connectivity index (χ0) is 13.9. The van der Waals surface area contributed by atoms with Gasteiger partial charge in [0, 0.05) is 19.6 Å². The molecule has 0 spiro atoms. The smallest absolute Gasteiger partial charge is 0.410 e. The van der Waals surface area contributed by atoms with Crippen LogP contribution in [0.3, 0.4) is 0 Å². The van der Waals surface area contributed by atoms with Gasteiger partial charge in [0.1, 0.15) is 5.60 Å². The molecule has 1 amide bonds. The van der Waals surface area contributed by atoms with Crippen LogP contribution in [-0.2, 0) is 9.53 Å². The minimum Gasteiger partial charge on any atom is -0.444 e. The van der Waals surface area contributed by atoms with E-state index in [-0.39, 0.29) is 24.5 Å². The Morgan fingerprint density at radius 1 is 1.33 bits per heavy atom. The quantitative estimate of drug-likeness (QED) is 0.757. The molecule has 0 aromatic heterocycles. The SMILES string of the molecule is CN1CCN(C(=O)OC(C)(C)C)CC1C(=O)CN. The predicted octanol–water partition coefficient (Wildman–Crippen LogP) is 0.0653. The Bertz CT molecular complexity index is 325. The van der Waals surface area contributed by atoms with Crippen molar-refractivity contribution < 1.29 is 14.3 Å². The maximum atomic E-state index is 11.9. The van der Waals surface area contributed by atoms with Crippen molar-refractivity contribution >= 4 is 11.9 Å². The third-order valence-corrected chi connectivity index (χ3v) is 2.87. The molecule has 1 aliphatic rings. The van der Waals surface area contributed by atoms with Crippen LogP contribution in [0.4, 0.5) is 4.79 Å². The Morgan fingerprint density at radius 2 is 1.94 bits per heavy atom. The number of carbonyl (C=O) groups is 2. The van der Waals surface area contributed by atoms with Gasteiger partial charge in [-0.2, -0.15) is 0 Å². The topological polar surface area (TPSA) is 75.9 Å². The monoisotopic (exact) mass is 257 g/mol. The zero-order valence-corrected chi connectivity index (χ0v) is 11.6. The molecule has 1 aliphatic heterocycles. The number of piperazine rings is 1. The van der Waals surface area contributed by atoms with Gasteiger partial charge in [-0.15, -0.1) is 0 Å². The molecule has 0 aromatic carbocycles. The Hall–Kier alpha value is -1.14. The van der Waals surface area contributed by atoms with Gasteiger partial charge in [-0.05, 0) is 27.8 Å². The zero-order valence-electron chi connectivity index (χ0n) is 11.6. The first-order chi connectivity index (χ1) is 8.24. The summed E-state index contributed by atoms with van der Waals surface area (Å²) in [5.41, 5.74) is 4.86. The Labute approximate surface area is 108 Å².